The summed E-state index contributed by atoms with van der Waals surface area (Å²) in [6, 6.07) is 7.98. The normalized spacial score (nSPS) is 19.3. The fourth-order valence-electron chi connectivity index (χ4n) is 2.17. The highest BCUT2D eigenvalue weighted by Gasteiger charge is 2.19. The Labute approximate surface area is 110 Å². The van der Waals surface area contributed by atoms with Crippen LogP contribution in [0, 0.1) is 0 Å². The van der Waals surface area contributed by atoms with E-state index in [1.807, 2.05) is 31.3 Å². The molecule has 1 aromatic carbocycles. The largest absolute Gasteiger partial charge is 0.340 e. The summed E-state index contributed by atoms with van der Waals surface area (Å²) >= 11 is 3.38. The lowest BCUT2D eigenvalue weighted by molar-refractivity contribution is 0.0784. The number of hydrogen-bond acceptors (Lipinski definition) is 2. The molecule has 0 aliphatic carbocycles. The highest BCUT2D eigenvalue weighted by atomic mass is 79.9. The number of likely N-dealkylation sites (N-methyl/N-ethyl adjacent to an activating group) is 1. The van der Waals surface area contributed by atoms with Gasteiger partial charge in [0.05, 0.1) is 0 Å². The Kier molecular flexibility index (Phi) is 4.18. The van der Waals surface area contributed by atoms with E-state index in [2.05, 4.69) is 21.2 Å². The maximum absolute atomic E-state index is 12.2. The number of amides is 1. The SMILES string of the molecule is CN(CC1CCCN1)C(=O)c1cccc(Br)c1. The molecule has 92 valence electrons. The molecule has 0 aromatic heterocycles. The summed E-state index contributed by atoms with van der Waals surface area (Å²) in [7, 11) is 1.86. The highest BCUT2D eigenvalue weighted by molar-refractivity contribution is 9.10. The van der Waals surface area contributed by atoms with Crippen molar-refractivity contribution < 1.29 is 4.79 Å². The molecular formula is C13H17BrN2O. The zero-order valence-electron chi connectivity index (χ0n) is 9.95. The van der Waals surface area contributed by atoms with Gasteiger partial charge in [0.15, 0.2) is 0 Å². The van der Waals surface area contributed by atoms with Gasteiger partial charge in [0.25, 0.3) is 5.91 Å². The quantitative estimate of drug-likeness (QED) is 0.928. The molecule has 1 aromatic rings. The lowest BCUT2D eigenvalue weighted by Crippen LogP contribution is -2.38. The van der Waals surface area contributed by atoms with Gasteiger partial charge in [-0.1, -0.05) is 22.0 Å². The number of hydrogen-bond donors (Lipinski definition) is 1. The summed E-state index contributed by atoms with van der Waals surface area (Å²) in [5.74, 6) is 0.0833. The van der Waals surface area contributed by atoms with Crippen LogP contribution in [0.15, 0.2) is 28.7 Å². The Morgan fingerprint density at radius 2 is 2.41 bits per heavy atom. The molecule has 1 fully saturated rings. The number of nitrogens with zero attached hydrogens (tertiary/aromatic N) is 1. The van der Waals surface area contributed by atoms with Crippen LogP contribution < -0.4 is 5.32 Å². The fraction of sp³-hybridized carbons (Fsp3) is 0.462. The predicted octanol–water partition coefficient (Wildman–Crippen LogP) is 2.27. The van der Waals surface area contributed by atoms with Crippen LogP contribution in [0.25, 0.3) is 0 Å². The minimum atomic E-state index is 0.0833. The Balaban J connectivity index is 1.98. The second-order valence-corrected chi connectivity index (χ2v) is 5.40. The van der Waals surface area contributed by atoms with Crippen molar-refractivity contribution in [2.24, 2.45) is 0 Å². The molecule has 1 atom stereocenters. The second kappa shape index (κ2) is 5.65. The number of carbonyl (C=O) groups excluding carboxylic acids is 1. The van der Waals surface area contributed by atoms with Crippen LogP contribution in [-0.2, 0) is 0 Å². The standard InChI is InChI=1S/C13H17BrN2O/c1-16(9-12-6-3-7-15-12)13(17)10-4-2-5-11(14)8-10/h2,4-5,8,12,15H,3,6-7,9H2,1H3. The highest BCUT2D eigenvalue weighted by Crippen LogP contribution is 2.14. The van der Waals surface area contributed by atoms with Crippen molar-refractivity contribution in [1.29, 1.82) is 0 Å². The molecule has 0 spiro atoms. The molecule has 1 unspecified atom stereocenters. The van der Waals surface area contributed by atoms with Gasteiger partial charge >= 0.3 is 0 Å². The summed E-state index contributed by atoms with van der Waals surface area (Å²) in [6.45, 7) is 1.86. The van der Waals surface area contributed by atoms with Crippen LogP contribution >= 0.6 is 15.9 Å². The number of carbonyl (C=O) groups is 1. The summed E-state index contributed by atoms with van der Waals surface area (Å²) in [5.41, 5.74) is 0.736. The number of halogens is 1. The van der Waals surface area contributed by atoms with Crippen LogP contribution in [0.1, 0.15) is 23.2 Å². The Hall–Kier alpha value is -0.870. The Bertz CT molecular complexity index is 402. The lowest BCUT2D eigenvalue weighted by Gasteiger charge is -2.21. The maximum atomic E-state index is 12.2. The monoisotopic (exact) mass is 296 g/mol. The van der Waals surface area contributed by atoms with Gasteiger partial charge in [0, 0.05) is 29.7 Å². The van der Waals surface area contributed by atoms with E-state index in [4.69, 9.17) is 0 Å². The summed E-state index contributed by atoms with van der Waals surface area (Å²) in [5, 5.41) is 3.40. The molecule has 0 saturated carbocycles. The second-order valence-electron chi connectivity index (χ2n) is 4.49. The molecule has 1 N–H and O–H groups in total. The van der Waals surface area contributed by atoms with Crippen molar-refractivity contribution in [3.05, 3.63) is 34.3 Å². The molecule has 1 amide bonds. The van der Waals surface area contributed by atoms with E-state index in [9.17, 15) is 4.79 Å². The molecule has 2 rings (SSSR count). The minimum Gasteiger partial charge on any atom is -0.340 e. The van der Waals surface area contributed by atoms with Crippen LogP contribution in [0.5, 0.6) is 0 Å². The average Bonchev–Trinajstić information content (AvgIpc) is 2.80. The van der Waals surface area contributed by atoms with Crippen molar-refractivity contribution in [3.8, 4) is 0 Å². The van der Waals surface area contributed by atoms with Gasteiger partial charge in [-0.25, -0.2) is 0 Å². The van der Waals surface area contributed by atoms with E-state index in [0.717, 1.165) is 29.5 Å². The van der Waals surface area contributed by atoms with Crippen molar-refractivity contribution in [2.75, 3.05) is 20.1 Å². The first kappa shape index (κ1) is 12.6. The van der Waals surface area contributed by atoms with Gasteiger partial charge in [-0.3, -0.25) is 4.79 Å². The third-order valence-corrected chi connectivity index (χ3v) is 3.57. The molecule has 17 heavy (non-hydrogen) atoms. The molecule has 4 heteroatoms. The van der Waals surface area contributed by atoms with E-state index in [1.165, 1.54) is 6.42 Å². The first-order valence-corrected chi connectivity index (χ1v) is 6.70. The lowest BCUT2D eigenvalue weighted by atomic mass is 10.1. The van der Waals surface area contributed by atoms with E-state index >= 15 is 0 Å². The number of rotatable bonds is 3. The summed E-state index contributed by atoms with van der Waals surface area (Å²) in [4.78, 5) is 14.0. The smallest absolute Gasteiger partial charge is 0.253 e. The van der Waals surface area contributed by atoms with Gasteiger partial charge in [-0.05, 0) is 37.6 Å². The van der Waals surface area contributed by atoms with Gasteiger partial charge in [-0.15, -0.1) is 0 Å². The average molecular weight is 297 g/mol. The van der Waals surface area contributed by atoms with E-state index in [-0.39, 0.29) is 5.91 Å². The van der Waals surface area contributed by atoms with Crippen LogP contribution in [0.3, 0.4) is 0 Å². The molecule has 0 radical (unpaired) electrons. The van der Waals surface area contributed by atoms with Crippen LogP contribution in [-0.4, -0.2) is 37.0 Å². The predicted molar refractivity (Wildman–Crippen MR) is 72.1 cm³/mol. The third kappa shape index (κ3) is 3.30. The van der Waals surface area contributed by atoms with E-state index in [0.29, 0.717) is 6.04 Å². The molecule has 1 aliphatic heterocycles. The van der Waals surface area contributed by atoms with Gasteiger partial charge in [-0.2, -0.15) is 0 Å². The van der Waals surface area contributed by atoms with E-state index < -0.39 is 0 Å². The van der Waals surface area contributed by atoms with Crippen molar-refractivity contribution in [2.45, 2.75) is 18.9 Å². The van der Waals surface area contributed by atoms with E-state index in [1.54, 1.807) is 4.90 Å². The summed E-state index contributed by atoms with van der Waals surface area (Å²) in [6.07, 6.45) is 2.37. The molecule has 1 heterocycles. The fourth-order valence-corrected chi connectivity index (χ4v) is 2.57. The number of benzene rings is 1. The van der Waals surface area contributed by atoms with Crippen molar-refractivity contribution in [1.82, 2.24) is 10.2 Å². The van der Waals surface area contributed by atoms with Gasteiger partial charge < -0.3 is 10.2 Å². The van der Waals surface area contributed by atoms with Crippen LogP contribution in [0.4, 0.5) is 0 Å². The van der Waals surface area contributed by atoms with Crippen molar-refractivity contribution in [3.63, 3.8) is 0 Å². The maximum Gasteiger partial charge on any atom is 0.253 e. The summed E-state index contributed by atoms with van der Waals surface area (Å²) < 4.78 is 0.941. The Morgan fingerprint density at radius 3 is 3.06 bits per heavy atom. The zero-order valence-corrected chi connectivity index (χ0v) is 11.5. The topological polar surface area (TPSA) is 32.3 Å². The zero-order chi connectivity index (χ0) is 12.3. The molecular weight excluding hydrogens is 280 g/mol. The molecule has 0 bridgehead atoms. The Morgan fingerprint density at radius 1 is 1.59 bits per heavy atom. The minimum absolute atomic E-state index is 0.0833. The molecule has 3 nitrogen and oxygen atoms in total. The third-order valence-electron chi connectivity index (χ3n) is 3.07. The van der Waals surface area contributed by atoms with Crippen LogP contribution in [0.2, 0.25) is 0 Å². The van der Waals surface area contributed by atoms with Crippen molar-refractivity contribution >= 4 is 21.8 Å². The molecule has 1 saturated heterocycles. The van der Waals surface area contributed by atoms with Gasteiger partial charge in [0.1, 0.15) is 0 Å². The number of nitrogens with one attached hydrogen (secondary N) is 1. The molecule has 1 aliphatic rings. The first-order valence-electron chi connectivity index (χ1n) is 5.91. The van der Waals surface area contributed by atoms with Gasteiger partial charge in [0.2, 0.25) is 0 Å². The first-order chi connectivity index (χ1) is 8.16.